The van der Waals surface area contributed by atoms with Crippen LogP contribution in [0.5, 0.6) is 5.75 Å². The van der Waals surface area contributed by atoms with Gasteiger partial charge in [-0.15, -0.1) is 10.2 Å². The molecule has 1 saturated heterocycles. The highest BCUT2D eigenvalue weighted by atomic mass is 16.5. The summed E-state index contributed by atoms with van der Waals surface area (Å²) in [7, 11) is 1.65. The lowest BCUT2D eigenvalue weighted by Crippen LogP contribution is -2.49. The quantitative estimate of drug-likeness (QED) is 0.750. The third kappa shape index (κ3) is 5.05. The van der Waals surface area contributed by atoms with Crippen molar-refractivity contribution < 1.29 is 13.9 Å². The summed E-state index contributed by atoms with van der Waals surface area (Å²) in [5.74, 6) is 2.35. The lowest BCUT2D eigenvalue weighted by molar-refractivity contribution is -0.132. The van der Waals surface area contributed by atoms with Crippen LogP contribution in [0, 0.1) is 6.92 Å². The number of nitrogens with zero attached hydrogens (tertiary/aromatic N) is 4. The van der Waals surface area contributed by atoms with Gasteiger partial charge >= 0.3 is 0 Å². The number of amides is 1. The molecule has 140 valence electrons. The molecule has 26 heavy (non-hydrogen) atoms. The zero-order valence-electron chi connectivity index (χ0n) is 15.5. The number of aromatic nitrogens is 2. The maximum atomic E-state index is 12.4. The van der Waals surface area contributed by atoms with Crippen molar-refractivity contribution in [3.05, 3.63) is 41.6 Å². The monoisotopic (exact) mass is 358 g/mol. The average Bonchev–Trinajstić information content (AvgIpc) is 3.10. The van der Waals surface area contributed by atoms with E-state index in [2.05, 4.69) is 15.1 Å². The van der Waals surface area contributed by atoms with Crippen LogP contribution in [0.25, 0.3) is 0 Å². The van der Waals surface area contributed by atoms with E-state index in [1.54, 1.807) is 14.0 Å². The molecule has 2 heterocycles. The summed E-state index contributed by atoms with van der Waals surface area (Å²) in [5, 5.41) is 7.87. The van der Waals surface area contributed by atoms with Crippen molar-refractivity contribution in [2.45, 2.75) is 26.2 Å². The van der Waals surface area contributed by atoms with E-state index in [1.165, 1.54) is 0 Å². The normalized spacial score (nSPS) is 15.2. The van der Waals surface area contributed by atoms with Gasteiger partial charge in [0.2, 0.25) is 17.7 Å². The predicted octanol–water partition coefficient (Wildman–Crippen LogP) is 1.71. The fraction of sp³-hybridized carbons (Fsp3) is 0.526. The van der Waals surface area contributed by atoms with Crippen LogP contribution in [0.15, 0.2) is 28.7 Å². The highest BCUT2D eigenvalue weighted by Gasteiger charge is 2.21. The summed E-state index contributed by atoms with van der Waals surface area (Å²) in [6, 6.07) is 7.90. The number of ether oxygens (including phenoxy) is 1. The molecule has 0 spiro atoms. The molecule has 0 unspecified atom stereocenters. The van der Waals surface area contributed by atoms with Crippen molar-refractivity contribution in [1.82, 2.24) is 20.0 Å². The Bertz CT molecular complexity index is 706. The van der Waals surface area contributed by atoms with Gasteiger partial charge in [0, 0.05) is 52.5 Å². The second-order valence-corrected chi connectivity index (χ2v) is 6.54. The molecule has 0 saturated carbocycles. The summed E-state index contributed by atoms with van der Waals surface area (Å²) >= 11 is 0. The Kier molecular flexibility index (Phi) is 6.22. The first kappa shape index (κ1) is 18.4. The zero-order valence-corrected chi connectivity index (χ0v) is 15.5. The minimum Gasteiger partial charge on any atom is -0.497 e. The van der Waals surface area contributed by atoms with Gasteiger partial charge < -0.3 is 14.1 Å². The van der Waals surface area contributed by atoms with Crippen LogP contribution in [0.1, 0.15) is 23.8 Å². The summed E-state index contributed by atoms with van der Waals surface area (Å²) < 4.78 is 10.6. The molecule has 1 aliphatic rings. The lowest BCUT2D eigenvalue weighted by Gasteiger charge is -2.34. The van der Waals surface area contributed by atoms with Crippen LogP contribution in [-0.2, 0) is 17.6 Å². The number of hydrogen-bond donors (Lipinski definition) is 0. The Morgan fingerprint density at radius 3 is 2.46 bits per heavy atom. The van der Waals surface area contributed by atoms with E-state index in [1.807, 2.05) is 29.2 Å². The van der Waals surface area contributed by atoms with Crippen molar-refractivity contribution >= 4 is 5.91 Å². The Labute approximate surface area is 153 Å². The van der Waals surface area contributed by atoms with Gasteiger partial charge in [0.25, 0.3) is 0 Å². The maximum absolute atomic E-state index is 12.4. The number of aryl methyl sites for hydroxylation is 2. The van der Waals surface area contributed by atoms with Crippen LogP contribution in [0.2, 0.25) is 0 Å². The molecule has 1 amide bonds. The Balaban J connectivity index is 1.37. The van der Waals surface area contributed by atoms with E-state index in [0.29, 0.717) is 18.2 Å². The molecule has 0 radical (unpaired) electrons. The van der Waals surface area contributed by atoms with Crippen molar-refractivity contribution in [2.75, 3.05) is 39.8 Å². The van der Waals surface area contributed by atoms with Gasteiger partial charge in [0.15, 0.2) is 0 Å². The molecular formula is C19H26N4O3. The molecule has 7 heteroatoms. The number of carbonyl (C=O) groups is 1. The fourth-order valence-corrected chi connectivity index (χ4v) is 3.11. The number of piperazine rings is 1. The summed E-state index contributed by atoms with van der Waals surface area (Å²) in [6.45, 7) is 6.03. The smallest absolute Gasteiger partial charge is 0.222 e. The number of methoxy groups -OCH3 is 1. The number of rotatable bonds is 7. The molecule has 3 rings (SSSR count). The Morgan fingerprint density at radius 1 is 1.12 bits per heavy atom. The molecule has 1 aliphatic heterocycles. The zero-order chi connectivity index (χ0) is 18.4. The highest BCUT2D eigenvalue weighted by molar-refractivity contribution is 5.76. The molecule has 0 bridgehead atoms. The van der Waals surface area contributed by atoms with Crippen LogP contribution in [-0.4, -0.2) is 65.7 Å². The van der Waals surface area contributed by atoms with Gasteiger partial charge in [-0.2, -0.15) is 0 Å². The van der Waals surface area contributed by atoms with E-state index < -0.39 is 0 Å². The molecule has 1 aromatic carbocycles. The van der Waals surface area contributed by atoms with Crippen molar-refractivity contribution in [1.29, 1.82) is 0 Å². The van der Waals surface area contributed by atoms with Gasteiger partial charge in [-0.1, -0.05) is 12.1 Å². The van der Waals surface area contributed by atoms with Crippen LogP contribution in [0.4, 0.5) is 0 Å². The second kappa shape index (κ2) is 8.80. The van der Waals surface area contributed by atoms with E-state index in [9.17, 15) is 4.79 Å². The van der Waals surface area contributed by atoms with Crippen molar-refractivity contribution in [3.8, 4) is 5.75 Å². The standard InChI is InChI=1S/C19H26N4O3/c1-15-20-21-18(26-15)9-10-22-11-13-23(14-12-22)19(24)8-5-16-3-6-17(25-2)7-4-16/h3-4,6-7H,5,8-14H2,1-2H3. The van der Waals surface area contributed by atoms with Crippen LogP contribution < -0.4 is 4.74 Å². The van der Waals surface area contributed by atoms with Gasteiger partial charge in [0.1, 0.15) is 5.75 Å². The first-order chi connectivity index (χ1) is 12.6. The lowest BCUT2D eigenvalue weighted by atomic mass is 10.1. The first-order valence-electron chi connectivity index (χ1n) is 9.06. The molecule has 0 aliphatic carbocycles. The van der Waals surface area contributed by atoms with Gasteiger partial charge in [0.05, 0.1) is 7.11 Å². The van der Waals surface area contributed by atoms with E-state index in [-0.39, 0.29) is 5.91 Å². The SMILES string of the molecule is COc1ccc(CCC(=O)N2CCN(CCc3nnc(C)o3)CC2)cc1. The number of hydrogen-bond acceptors (Lipinski definition) is 6. The fourth-order valence-electron chi connectivity index (χ4n) is 3.11. The molecule has 1 fully saturated rings. The van der Waals surface area contributed by atoms with E-state index in [4.69, 9.17) is 9.15 Å². The molecule has 0 atom stereocenters. The highest BCUT2D eigenvalue weighted by Crippen LogP contribution is 2.14. The average molecular weight is 358 g/mol. The Hall–Kier alpha value is -2.41. The second-order valence-electron chi connectivity index (χ2n) is 6.54. The van der Waals surface area contributed by atoms with Crippen molar-refractivity contribution in [3.63, 3.8) is 0 Å². The molecule has 1 aromatic heterocycles. The van der Waals surface area contributed by atoms with Crippen LogP contribution >= 0.6 is 0 Å². The predicted molar refractivity (Wildman–Crippen MR) is 97.1 cm³/mol. The Morgan fingerprint density at radius 2 is 1.85 bits per heavy atom. The minimum atomic E-state index is 0.230. The van der Waals surface area contributed by atoms with Gasteiger partial charge in [-0.05, 0) is 24.1 Å². The molecule has 7 nitrogen and oxygen atoms in total. The summed E-state index contributed by atoms with van der Waals surface area (Å²) in [5.41, 5.74) is 1.16. The maximum Gasteiger partial charge on any atom is 0.222 e. The third-order valence-corrected chi connectivity index (χ3v) is 4.72. The minimum absolute atomic E-state index is 0.230. The molecule has 2 aromatic rings. The number of benzene rings is 1. The molecule has 0 N–H and O–H groups in total. The first-order valence-corrected chi connectivity index (χ1v) is 9.06. The largest absolute Gasteiger partial charge is 0.497 e. The summed E-state index contributed by atoms with van der Waals surface area (Å²) in [4.78, 5) is 16.7. The third-order valence-electron chi connectivity index (χ3n) is 4.72. The van der Waals surface area contributed by atoms with Gasteiger partial charge in [-0.3, -0.25) is 9.69 Å². The van der Waals surface area contributed by atoms with Crippen LogP contribution in [0.3, 0.4) is 0 Å². The molecular weight excluding hydrogens is 332 g/mol. The summed E-state index contributed by atoms with van der Waals surface area (Å²) in [6.07, 6.45) is 2.07. The van der Waals surface area contributed by atoms with Gasteiger partial charge in [-0.25, -0.2) is 0 Å². The van der Waals surface area contributed by atoms with E-state index >= 15 is 0 Å². The number of carbonyl (C=O) groups excluding carboxylic acids is 1. The van der Waals surface area contributed by atoms with E-state index in [0.717, 1.165) is 56.9 Å². The topological polar surface area (TPSA) is 71.7 Å². The van der Waals surface area contributed by atoms with Crippen molar-refractivity contribution in [2.24, 2.45) is 0 Å².